The fraction of sp³-hybridized carbons (Fsp3) is 0.0769. The van der Waals surface area contributed by atoms with Crippen LogP contribution >= 0.6 is 11.3 Å². The van der Waals surface area contributed by atoms with Crippen LogP contribution < -0.4 is 5.32 Å². The van der Waals surface area contributed by atoms with Crippen molar-refractivity contribution < 1.29 is 4.79 Å². The summed E-state index contributed by atoms with van der Waals surface area (Å²) in [5.74, 6) is 0.779. The molecule has 1 aliphatic carbocycles. The zero-order valence-corrected chi connectivity index (χ0v) is 17.6. The van der Waals surface area contributed by atoms with E-state index < -0.39 is 0 Å². The second-order valence-electron chi connectivity index (χ2n) is 7.45. The van der Waals surface area contributed by atoms with Gasteiger partial charge in [-0.3, -0.25) is 4.79 Å². The molecule has 1 atom stereocenters. The van der Waals surface area contributed by atoms with E-state index in [0.29, 0.717) is 0 Å². The summed E-state index contributed by atoms with van der Waals surface area (Å²) in [6.07, 6.45) is 9.19. The first-order valence-corrected chi connectivity index (χ1v) is 11.0. The average Bonchev–Trinajstić information content (AvgIpc) is 3.48. The van der Waals surface area contributed by atoms with E-state index in [2.05, 4.69) is 59.2 Å². The molecular weight excluding hydrogens is 402 g/mol. The molecule has 5 rings (SSSR count). The Morgan fingerprint density at radius 1 is 1.00 bits per heavy atom. The van der Waals surface area contributed by atoms with Gasteiger partial charge in [-0.05, 0) is 35.2 Å². The SMILES string of the molecule is O=CC=Cn1nc(Nc2ccccc2)c2c1CC(c1ccccc1)(c1cccs1)C=C2. The first kappa shape index (κ1) is 19.3. The molecular formula is C26H21N3OS. The number of nitrogens with one attached hydrogen (secondary N) is 1. The lowest BCUT2D eigenvalue weighted by molar-refractivity contribution is -0.104. The zero-order valence-electron chi connectivity index (χ0n) is 16.8. The molecule has 2 heterocycles. The Morgan fingerprint density at radius 2 is 1.77 bits per heavy atom. The number of allylic oxidation sites excluding steroid dienone is 2. The van der Waals surface area contributed by atoms with Gasteiger partial charge in [0.15, 0.2) is 5.82 Å². The second kappa shape index (κ2) is 8.20. The number of rotatable bonds is 6. The highest BCUT2D eigenvalue weighted by atomic mass is 32.1. The molecule has 1 unspecified atom stereocenters. The van der Waals surface area contributed by atoms with Crippen LogP contribution in [-0.4, -0.2) is 16.1 Å². The summed E-state index contributed by atoms with van der Waals surface area (Å²) < 4.78 is 1.82. The molecule has 0 amide bonds. The van der Waals surface area contributed by atoms with Crippen molar-refractivity contribution in [2.75, 3.05) is 5.32 Å². The summed E-state index contributed by atoms with van der Waals surface area (Å²) in [7, 11) is 0. The van der Waals surface area contributed by atoms with Gasteiger partial charge in [-0.2, -0.15) is 0 Å². The van der Waals surface area contributed by atoms with Crippen LogP contribution in [0.2, 0.25) is 0 Å². The maximum atomic E-state index is 11.0. The number of anilines is 2. The van der Waals surface area contributed by atoms with E-state index in [0.717, 1.165) is 35.5 Å². The number of nitrogens with zero attached hydrogens (tertiary/aromatic N) is 2. The Balaban J connectivity index is 1.65. The first-order chi connectivity index (χ1) is 15.3. The number of thiophene rings is 1. The molecule has 1 aliphatic rings. The molecule has 2 aromatic heterocycles. The lowest BCUT2D eigenvalue weighted by Crippen LogP contribution is -2.30. The van der Waals surface area contributed by atoms with E-state index in [1.54, 1.807) is 17.5 Å². The normalized spacial score (nSPS) is 17.5. The Hall–Kier alpha value is -3.70. The van der Waals surface area contributed by atoms with E-state index >= 15 is 0 Å². The van der Waals surface area contributed by atoms with Crippen LogP contribution in [0.5, 0.6) is 0 Å². The van der Waals surface area contributed by atoms with Crippen LogP contribution in [0.3, 0.4) is 0 Å². The number of carbonyl (C=O) groups excluding carboxylic acids is 1. The number of fused-ring (bicyclic) bond motifs is 1. The summed E-state index contributed by atoms with van der Waals surface area (Å²) in [5.41, 5.74) is 4.04. The summed E-state index contributed by atoms with van der Waals surface area (Å²) in [5, 5.41) is 10.3. The van der Waals surface area contributed by atoms with Crippen molar-refractivity contribution in [3.63, 3.8) is 0 Å². The van der Waals surface area contributed by atoms with Crippen molar-refractivity contribution in [2.24, 2.45) is 0 Å². The van der Waals surface area contributed by atoms with Gasteiger partial charge in [-0.25, -0.2) is 4.68 Å². The van der Waals surface area contributed by atoms with Crippen molar-refractivity contribution in [1.82, 2.24) is 9.78 Å². The molecule has 0 saturated heterocycles. The third-order valence-electron chi connectivity index (χ3n) is 5.62. The zero-order chi connectivity index (χ0) is 21.1. The molecule has 0 aliphatic heterocycles. The molecule has 5 heteroatoms. The van der Waals surface area contributed by atoms with Gasteiger partial charge in [-0.15, -0.1) is 16.4 Å². The van der Waals surface area contributed by atoms with Gasteiger partial charge < -0.3 is 5.32 Å². The molecule has 0 radical (unpaired) electrons. The van der Waals surface area contributed by atoms with Crippen molar-refractivity contribution in [3.05, 3.63) is 112 Å². The van der Waals surface area contributed by atoms with Crippen molar-refractivity contribution in [3.8, 4) is 0 Å². The lowest BCUT2D eigenvalue weighted by atomic mass is 9.72. The molecule has 4 nitrogen and oxygen atoms in total. The largest absolute Gasteiger partial charge is 0.338 e. The molecule has 2 aromatic carbocycles. The fourth-order valence-electron chi connectivity index (χ4n) is 4.15. The quantitative estimate of drug-likeness (QED) is 0.310. The highest BCUT2D eigenvalue weighted by Crippen LogP contribution is 2.45. The first-order valence-electron chi connectivity index (χ1n) is 10.1. The number of hydrogen-bond donors (Lipinski definition) is 1. The molecule has 1 N–H and O–H groups in total. The minimum Gasteiger partial charge on any atom is -0.338 e. The van der Waals surface area contributed by atoms with Crippen LogP contribution in [0.4, 0.5) is 11.5 Å². The molecule has 31 heavy (non-hydrogen) atoms. The Bertz CT molecular complexity index is 1240. The number of aldehydes is 1. The van der Waals surface area contributed by atoms with E-state index in [4.69, 9.17) is 5.10 Å². The highest BCUT2D eigenvalue weighted by Gasteiger charge is 2.38. The number of hydrogen-bond acceptors (Lipinski definition) is 4. The third kappa shape index (κ3) is 3.53. The Morgan fingerprint density at radius 3 is 2.48 bits per heavy atom. The maximum Gasteiger partial charge on any atom is 0.160 e. The van der Waals surface area contributed by atoms with Crippen molar-refractivity contribution >= 4 is 41.4 Å². The number of aromatic nitrogens is 2. The van der Waals surface area contributed by atoms with Crippen LogP contribution in [0.25, 0.3) is 12.3 Å². The Kier molecular flexibility index (Phi) is 5.10. The highest BCUT2D eigenvalue weighted by molar-refractivity contribution is 7.10. The van der Waals surface area contributed by atoms with Gasteiger partial charge in [0.25, 0.3) is 0 Å². The molecule has 0 spiro atoms. The van der Waals surface area contributed by atoms with Gasteiger partial charge in [-0.1, -0.05) is 66.7 Å². The average molecular weight is 424 g/mol. The van der Waals surface area contributed by atoms with Crippen LogP contribution in [0.15, 0.2) is 90.3 Å². The van der Waals surface area contributed by atoms with Gasteiger partial charge in [0.05, 0.1) is 11.1 Å². The lowest BCUT2D eigenvalue weighted by Gasteiger charge is -2.33. The molecule has 4 aromatic rings. The van der Waals surface area contributed by atoms with Crippen LogP contribution in [-0.2, 0) is 16.6 Å². The Labute approximate surface area is 185 Å². The molecule has 0 fully saturated rings. The van der Waals surface area contributed by atoms with Gasteiger partial charge in [0.1, 0.15) is 6.29 Å². The summed E-state index contributed by atoms with van der Waals surface area (Å²) in [4.78, 5) is 12.3. The topological polar surface area (TPSA) is 46.9 Å². The molecule has 0 bridgehead atoms. The molecule has 152 valence electrons. The summed E-state index contributed by atoms with van der Waals surface area (Å²) in [6.45, 7) is 0. The van der Waals surface area contributed by atoms with E-state index in [9.17, 15) is 4.79 Å². The third-order valence-corrected chi connectivity index (χ3v) is 6.67. The molecule has 0 saturated carbocycles. The standard InChI is InChI=1S/C26H21N3OS/c30-17-8-16-29-23-19-26(24-13-7-18-31-24,20-9-3-1-4-10-20)15-14-22(23)25(28-29)27-21-11-5-2-6-12-21/h1-18H,19H2,(H,27,28). The van der Waals surface area contributed by atoms with Crippen molar-refractivity contribution in [2.45, 2.75) is 11.8 Å². The number of carbonyl (C=O) groups is 1. The van der Waals surface area contributed by atoms with Crippen molar-refractivity contribution in [1.29, 1.82) is 0 Å². The predicted octanol–water partition coefficient (Wildman–Crippen LogP) is 5.91. The number of para-hydroxylation sites is 1. The van der Waals surface area contributed by atoms with Crippen LogP contribution in [0, 0.1) is 0 Å². The van der Waals surface area contributed by atoms with Gasteiger partial charge >= 0.3 is 0 Å². The monoisotopic (exact) mass is 423 g/mol. The summed E-state index contributed by atoms with van der Waals surface area (Å²) in [6, 6.07) is 24.9. The fourth-order valence-corrected chi connectivity index (χ4v) is 5.08. The van der Waals surface area contributed by atoms with Gasteiger partial charge in [0.2, 0.25) is 0 Å². The predicted molar refractivity (Wildman–Crippen MR) is 128 cm³/mol. The van der Waals surface area contributed by atoms with E-state index in [-0.39, 0.29) is 5.41 Å². The van der Waals surface area contributed by atoms with E-state index in [1.165, 1.54) is 16.5 Å². The van der Waals surface area contributed by atoms with Gasteiger partial charge in [0, 0.05) is 28.7 Å². The second-order valence-corrected chi connectivity index (χ2v) is 8.39. The number of benzene rings is 2. The maximum absolute atomic E-state index is 11.0. The minimum absolute atomic E-state index is 0.279. The smallest absolute Gasteiger partial charge is 0.160 e. The van der Waals surface area contributed by atoms with Crippen LogP contribution in [0.1, 0.15) is 21.7 Å². The van der Waals surface area contributed by atoms with E-state index in [1.807, 2.05) is 41.1 Å². The minimum atomic E-state index is -0.279. The summed E-state index contributed by atoms with van der Waals surface area (Å²) >= 11 is 1.76.